The van der Waals surface area contributed by atoms with E-state index in [0.29, 0.717) is 0 Å². The highest BCUT2D eigenvalue weighted by Gasteiger charge is 2.40. The Bertz CT molecular complexity index is 119. The van der Waals surface area contributed by atoms with E-state index in [1.807, 2.05) is 0 Å². The molecule has 0 bridgehead atoms. The molecule has 0 aromatic rings. The van der Waals surface area contributed by atoms with Crippen molar-refractivity contribution in [2.45, 2.75) is 12.3 Å². The topological polar surface area (TPSA) is 55.3 Å². The van der Waals surface area contributed by atoms with E-state index in [9.17, 15) is 27.6 Å². The van der Waals surface area contributed by atoms with Crippen LogP contribution in [0.25, 0.3) is 0 Å². The summed E-state index contributed by atoms with van der Waals surface area (Å²) in [6.07, 6.45) is -3.93. The normalized spacial score (nSPS) is 12.3. The first-order chi connectivity index (χ1) is 4.86. The van der Waals surface area contributed by atoms with Crippen molar-refractivity contribution in [3.05, 3.63) is 0 Å². The van der Waals surface area contributed by atoms with Crippen LogP contribution in [0.5, 0.6) is 0 Å². The summed E-state index contributed by atoms with van der Waals surface area (Å²) in [7, 11) is -2.96. The van der Waals surface area contributed by atoms with Gasteiger partial charge < -0.3 is 14.7 Å². The largest absolute Gasteiger partial charge is 0.871 e. The van der Waals surface area contributed by atoms with Gasteiger partial charge in [0.1, 0.15) is 0 Å². The second kappa shape index (κ2) is 3.89. The van der Waals surface area contributed by atoms with Gasteiger partial charge in [0.05, 0.1) is 13.9 Å². The Balaban J connectivity index is 3.73. The molecule has 0 aliphatic heterocycles. The highest BCUT2D eigenvalue weighted by atomic mass is 19.3. The Hall–Kier alpha value is -0.335. The Morgan fingerprint density at radius 3 is 2.09 bits per heavy atom. The summed E-state index contributed by atoms with van der Waals surface area (Å²) in [6.45, 7) is -1.84. The average Bonchev–Trinajstić information content (AvgIpc) is 1.84. The molecule has 3 nitrogen and oxygen atoms in total. The van der Waals surface area contributed by atoms with Gasteiger partial charge in [-0.25, -0.2) is 8.78 Å². The number of hydrogen-bond donors (Lipinski definition) is 0. The maximum Gasteiger partial charge on any atom is 0.328 e. The molecule has 0 aliphatic carbocycles. The number of alkyl halides is 4. The van der Waals surface area contributed by atoms with Crippen LogP contribution in [0.15, 0.2) is 0 Å². The SMILES string of the molecule is [O-]B([O-])OCC(F)(F)C(F)F. The molecule has 66 valence electrons. The van der Waals surface area contributed by atoms with Gasteiger partial charge in [-0.3, -0.25) is 0 Å². The maximum absolute atomic E-state index is 11.8. The van der Waals surface area contributed by atoms with Gasteiger partial charge in [-0.1, -0.05) is 0 Å². The van der Waals surface area contributed by atoms with Crippen molar-refractivity contribution in [1.29, 1.82) is 0 Å². The molecule has 0 aliphatic rings. The van der Waals surface area contributed by atoms with Gasteiger partial charge in [0.2, 0.25) is 0 Å². The fourth-order valence-corrected chi connectivity index (χ4v) is 0.242. The Morgan fingerprint density at radius 2 is 1.82 bits per heavy atom. The van der Waals surface area contributed by atoms with Crippen LogP contribution in [0.4, 0.5) is 17.6 Å². The van der Waals surface area contributed by atoms with Crippen LogP contribution in [0, 0.1) is 0 Å². The van der Waals surface area contributed by atoms with Crippen LogP contribution in [0.2, 0.25) is 0 Å². The smallest absolute Gasteiger partial charge is 0.328 e. The zero-order valence-electron chi connectivity index (χ0n) is 5.10. The van der Waals surface area contributed by atoms with Gasteiger partial charge in [-0.05, 0) is 0 Å². The second-order valence-corrected chi connectivity index (χ2v) is 1.66. The van der Waals surface area contributed by atoms with Crippen LogP contribution >= 0.6 is 0 Å². The van der Waals surface area contributed by atoms with E-state index in [-0.39, 0.29) is 0 Å². The van der Waals surface area contributed by atoms with Crippen molar-refractivity contribution in [2.75, 3.05) is 6.61 Å². The fraction of sp³-hybridized carbons (Fsp3) is 1.00. The summed E-state index contributed by atoms with van der Waals surface area (Å²) in [5, 5.41) is 18.9. The third-order valence-electron chi connectivity index (χ3n) is 0.731. The molecule has 0 saturated heterocycles. The summed E-state index contributed by atoms with van der Waals surface area (Å²) < 4.78 is 49.2. The lowest BCUT2D eigenvalue weighted by Crippen LogP contribution is -2.50. The van der Waals surface area contributed by atoms with Crippen LogP contribution in [0.3, 0.4) is 0 Å². The monoisotopic (exact) mass is 174 g/mol. The molecule has 0 unspecified atom stereocenters. The average molecular weight is 174 g/mol. The third-order valence-corrected chi connectivity index (χ3v) is 0.731. The minimum atomic E-state index is -4.42. The first-order valence-corrected chi connectivity index (χ1v) is 2.45. The van der Waals surface area contributed by atoms with Crippen molar-refractivity contribution in [3.8, 4) is 0 Å². The van der Waals surface area contributed by atoms with Gasteiger partial charge in [-0.2, -0.15) is 8.78 Å². The fourth-order valence-electron chi connectivity index (χ4n) is 0.242. The predicted molar refractivity (Wildman–Crippen MR) is 22.7 cm³/mol. The highest BCUT2D eigenvalue weighted by Crippen LogP contribution is 2.22. The van der Waals surface area contributed by atoms with E-state index in [2.05, 4.69) is 4.65 Å². The Labute approximate surface area is 59.8 Å². The van der Waals surface area contributed by atoms with E-state index in [1.165, 1.54) is 0 Å². The molecular formula is C3H3BF4O3-2. The summed E-state index contributed by atoms with van der Waals surface area (Å²) in [5.41, 5.74) is 0. The second-order valence-electron chi connectivity index (χ2n) is 1.66. The Kier molecular flexibility index (Phi) is 3.77. The molecule has 0 heterocycles. The quantitative estimate of drug-likeness (QED) is 0.389. The van der Waals surface area contributed by atoms with Gasteiger partial charge in [0.15, 0.2) is 0 Å². The van der Waals surface area contributed by atoms with Crippen molar-refractivity contribution in [1.82, 2.24) is 0 Å². The van der Waals surface area contributed by atoms with Crippen molar-refractivity contribution < 1.29 is 32.3 Å². The first kappa shape index (κ1) is 10.7. The van der Waals surface area contributed by atoms with Crippen LogP contribution in [-0.2, 0) is 4.65 Å². The number of hydrogen-bond acceptors (Lipinski definition) is 3. The molecule has 0 amide bonds. The zero-order chi connectivity index (χ0) is 9.07. The standard InChI is InChI=1S/C3H3BF4O3/c5-2(6)3(7,8)1-11-4(9)10/h2H,1H2/q-2. The molecule has 0 spiro atoms. The number of rotatable bonds is 4. The zero-order valence-corrected chi connectivity index (χ0v) is 5.10. The molecule has 8 heteroatoms. The lowest BCUT2D eigenvalue weighted by Gasteiger charge is -2.28. The molecule has 0 fully saturated rings. The molecule has 0 atom stereocenters. The molecular weight excluding hydrogens is 171 g/mol. The van der Waals surface area contributed by atoms with Gasteiger partial charge in [-0.15, -0.1) is 0 Å². The first-order valence-electron chi connectivity index (χ1n) is 2.45. The lowest BCUT2D eigenvalue weighted by atomic mass is 10.2. The Morgan fingerprint density at radius 1 is 1.36 bits per heavy atom. The van der Waals surface area contributed by atoms with E-state index in [0.717, 1.165) is 0 Å². The lowest BCUT2D eigenvalue weighted by molar-refractivity contribution is -0.385. The van der Waals surface area contributed by atoms with E-state index >= 15 is 0 Å². The van der Waals surface area contributed by atoms with Gasteiger partial charge >= 0.3 is 12.3 Å². The summed E-state index contributed by atoms with van der Waals surface area (Å²) in [4.78, 5) is 0. The summed E-state index contributed by atoms with van der Waals surface area (Å²) >= 11 is 0. The minimum absolute atomic E-state index is 1.84. The summed E-state index contributed by atoms with van der Waals surface area (Å²) in [5.74, 6) is -4.42. The highest BCUT2D eigenvalue weighted by molar-refractivity contribution is 6.28. The molecule has 0 radical (unpaired) electrons. The van der Waals surface area contributed by atoms with Crippen LogP contribution < -0.4 is 10.0 Å². The van der Waals surface area contributed by atoms with Crippen molar-refractivity contribution in [3.63, 3.8) is 0 Å². The van der Waals surface area contributed by atoms with Crippen molar-refractivity contribution in [2.24, 2.45) is 0 Å². The van der Waals surface area contributed by atoms with E-state index in [4.69, 9.17) is 0 Å². The molecule has 0 aromatic carbocycles. The molecule has 0 aromatic heterocycles. The van der Waals surface area contributed by atoms with Crippen molar-refractivity contribution >= 4 is 7.32 Å². The van der Waals surface area contributed by atoms with E-state index < -0.39 is 26.3 Å². The molecule has 0 rings (SSSR count). The van der Waals surface area contributed by atoms with Gasteiger partial charge in [0.25, 0.3) is 0 Å². The molecule has 0 saturated carbocycles. The number of halogens is 4. The molecule has 0 N–H and O–H groups in total. The molecule has 11 heavy (non-hydrogen) atoms. The van der Waals surface area contributed by atoms with E-state index in [1.54, 1.807) is 0 Å². The minimum Gasteiger partial charge on any atom is -0.871 e. The van der Waals surface area contributed by atoms with Crippen LogP contribution in [-0.4, -0.2) is 26.3 Å². The maximum atomic E-state index is 11.8. The van der Waals surface area contributed by atoms with Gasteiger partial charge in [0, 0.05) is 0 Å². The summed E-state index contributed by atoms with van der Waals surface area (Å²) in [6, 6.07) is 0. The van der Waals surface area contributed by atoms with Crippen LogP contribution in [0.1, 0.15) is 0 Å². The predicted octanol–water partition coefficient (Wildman–Crippen LogP) is -1.39. The third kappa shape index (κ3) is 4.17.